The van der Waals surface area contributed by atoms with Crippen LogP contribution in [0.15, 0.2) is 60.8 Å². The fourth-order valence-corrected chi connectivity index (χ4v) is 5.14. The molecule has 0 saturated carbocycles. The van der Waals surface area contributed by atoms with E-state index in [1.807, 2.05) is 48.5 Å². The Hall–Kier alpha value is -3.54. The van der Waals surface area contributed by atoms with Gasteiger partial charge in [-0.25, -0.2) is 9.67 Å². The second-order valence-electron chi connectivity index (χ2n) is 7.46. The van der Waals surface area contributed by atoms with Crippen molar-refractivity contribution in [1.82, 2.24) is 19.7 Å². The number of likely N-dealkylation sites (tertiary alicyclic amines) is 1. The molecule has 1 saturated heterocycles. The van der Waals surface area contributed by atoms with Gasteiger partial charge >= 0.3 is 0 Å². The fourth-order valence-electron chi connectivity index (χ4n) is 4.00. The van der Waals surface area contributed by atoms with Crippen molar-refractivity contribution in [1.29, 1.82) is 5.26 Å². The summed E-state index contributed by atoms with van der Waals surface area (Å²) in [4.78, 5) is 19.9. The normalized spacial score (nSPS) is 16.4. The van der Waals surface area contributed by atoms with Gasteiger partial charge in [-0.15, -0.1) is 11.3 Å². The molecule has 5 rings (SSSR count). The second kappa shape index (κ2) is 8.30. The first kappa shape index (κ1) is 19.4. The van der Waals surface area contributed by atoms with E-state index in [2.05, 4.69) is 27.5 Å². The molecular weight excluding hydrogens is 408 g/mol. The number of carbonyl (C=O) groups excluding carboxylic acids is 1. The van der Waals surface area contributed by atoms with E-state index in [-0.39, 0.29) is 18.5 Å². The minimum absolute atomic E-state index is 0.137. The number of thiazole rings is 1. The number of nitrogens with zero attached hydrogens (tertiary/aromatic N) is 5. The first-order valence-electron chi connectivity index (χ1n) is 10.2. The van der Waals surface area contributed by atoms with Gasteiger partial charge in [0.05, 0.1) is 34.7 Å². The molecule has 1 N–H and O–H groups in total. The highest BCUT2D eigenvalue weighted by Crippen LogP contribution is 2.36. The number of carbonyl (C=O) groups is 1. The maximum absolute atomic E-state index is 12.9. The minimum atomic E-state index is -0.165. The number of aromatic nitrogens is 3. The highest BCUT2D eigenvalue weighted by atomic mass is 32.1. The van der Waals surface area contributed by atoms with Crippen LogP contribution in [0.4, 0.5) is 5.82 Å². The van der Waals surface area contributed by atoms with Crippen LogP contribution in [-0.2, 0) is 4.79 Å². The lowest BCUT2D eigenvalue weighted by atomic mass is 10.2. The van der Waals surface area contributed by atoms with E-state index < -0.39 is 0 Å². The molecule has 8 heteroatoms. The lowest BCUT2D eigenvalue weighted by Gasteiger charge is -2.22. The van der Waals surface area contributed by atoms with E-state index in [9.17, 15) is 10.1 Å². The van der Waals surface area contributed by atoms with Gasteiger partial charge in [-0.05, 0) is 43.7 Å². The van der Waals surface area contributed by atoms with Gasteiger partial charge in [0.1, 0.15) is 16.6 Å². The number of amides is 1. The quantitative estimate of drug-likeness (QED) is 0.516. The smallest absolute Gasteiger partial charge is 0.239 e. The van der Waals surface area contributed by atoms with Crippen LogP contribution in [0.3, 0.4) is 0 Å². The number of hydrogen-bond acceptors (Lipinski definition) is 6. The van der Waals surface area contributed by atoms with Crippen molar-refractivity contribution in [2.24, 2.45) is 0 Å². The average Bonchev–Trinajstić information content (AvgIpc) is 3.52. The molecule has 7 nitrogen and oxygen atoms in total. The fraction of sp³-hybridized carbons (Fsp3) is 0.217. The van der Waals surface area contributed by atoms with Crippen molar-refractivity contribution in [2.75, 3.05) is 18.4 Å². The summed E-state index contributed by atoms with van der Waals surface area (Å²) in [6.45, 7) is 1.09. The number of benzene rings is 2. The third-order valence-corrected chi connectivity index (χ3v) is 6.59. The van der Waals surface area contributed by atoms with E-state index in [0.29, 0.717) is 11.4 Å². The van der Waals surface area contributed by atoms with Crippen molar-refractivity contribution in [3.05, 3.63) is 71.4 Å². The zero-order valence-electron chi connectivity index (χ0n) is 16.7. The molecule has 0 spiro atoms. The van der Waals surface area contributed by atoms with Crippen LogP contribution in [0, 0.1) is 11.3 Å². The van der Waals surface area contributed by atoms with Crippen LogP contribution >= 0.6 is 11.3 Å². The largest absolute Gasteiger partial charge is 0.308 e. The van der Waals surface area contributed by atoms with Gasteiger partial charge in [0, 0.05) is 0 Å². The monoisotopic (exact) mass is 428 g/mol. The molecule has 0 radical (unpaired) electrons. The maximum atomic E-state index is 12.9. The standard InChI is InChI=1S/C23H20N6OS/c24-13-16-14-25-29(17-7-2-1-3-8-17)22(16)27-21(30)15-28-12-6-10-19(28)23-26-18-9-4-5-11-20(18)31-23/h1-5,7-9,11,14,19H,6,10,12,15H2,(H,27,30). The van der Waals surface area contributed by atoms with E-state index in [1.54, 1.807) is 16.0 Å². The summed E-state index contributed by atoms with van der Waals surface area (Å²) in [6.07, 6.45) is 3.49. The summed E-state index contributed by atoms with van der Waals surface area (Å²) in [5.74, 6) is 0.233. The Morgan fingerprint density at radius 1 is 1.19 bits per heavy atom. The number of anilines is 1. The van der Waals surface area contributed by atoms with Gasteiger partial charge < -0.3 is 5.32 Å². The minimum Gasteiger partial charge on any atom is -0.308 e. The second-order valence-corrected chi connectivity index (χ2v) is 8.52. The van der Waals surface area contributed by atoms with Crippen molar-refractivity contribution in [3.8, 4) is 11.8 Å². The SMILES string of the molecule is N#Cc1cnn(-c2ccccc2)c1NC(=O)CN1CCCC1c1nc2ccccc2s1. The number of nitriles is 1. The summed E-state index contributed by atoms with van der Waals surface area (Å²) < 4.78 is 2.75. The molecule has 1 aliphatic rings. The van der Waals surface area contributed by atoms with Gasteiger partial charge in [-0.2, -0.15) is 10.4 Å². The molecule has 1 unspecified atom stereocenters. The lowest BCUT2D eigenvalue weighted by molar-refractivity contribution is -0.117. The number of rotatable bonds is 5. The van der Waals surface area contributed by atoms with Crippen molar-refractivity contribution in [3.63, 3.8) is 0 Å². The molecule has 0 aliphatic carbocycles. The third-order valence-electron chi connectivity index (χ3n) is 5.45. The summed E-state index contributed by atoms with van der Waals surface area (Å²) in [7, 11) is 0. The van der Waals surface area contributed by atoms with Crippen LogP contribution in [0.1, 0.15) is 29.5 Å². The van der Waals surface area contributed by atoms with Crippen LogP contribution < -0.4 is 5.32 Å². The molecule has 1 atom stereocenters. The number of para-hydroxylation sites is 2. The third kappa shape index (κ3) is 3.81. The zero-order valence-corrected chi connectivity index (χ0v) is 17.5. The summed E-state index contributed by atoms with van der Waals surface area (Å²) in [5.41, 5.74) is 2.12. The topological polar surface area (TPSA) is 86.8 Å². The molecular formula is C23H20N6OS. The molecule has 0 bridgehead atoms. The van der Waals surface area contributed by atoms with Crippen LogP contribution in [0.2, 0.25) is 0 Å². The lowest BCUT2D eigenvalue weighted by Crippen LogP contribution is -2.33. The maximum Gasteiger partial charge on any atom is 0.239 e. The van der Waals surface area contributed by atoms with Gasteiger partial charge in [-0.1, -0.05) is 30.3 Å². The van der Waals surface area contributed by atoms with E-state index in [4.69, 9.17) is 4.98 Å². The molecule has 3 heterocycles. The van der Waals surface area contributed by atoms with Crippen molar-refractivity contribution >= 4 is 33.3 Å². The van der Waals surface area contributed by atoms with Crippen LogP contribution in [0.5, 0.6) is 0 Å². The predicted octanol–water partition coefficient (Wildman–Crippen LogP) is 4.13. The highest BCUT2D eigenvalue weighted by Gasteiger charge is 2.30. The molecule has 4 aromatic rings. The Labute approximate surface area is 183 Å². The predicted molar refractivity (Wildman–Crippen MR) is 120 cm³/mol. The van der Waals surface area contributed by atoms with E-state index in [1.165, 1.54) is 10.9 Å². The Balaban J connectivity index is 1.35. The first-order valence-corrected chi connectivity index (χ1v) is 11.0. The number of fused-ring (bicyclic) bond motifs is 1. The van der Waals surface area contributed by atoms with Gasteiger partial charge in [0.2, 0.25) is 5.91 Å². The molecule has 1 aliphatic heterocycles. The van der Waals surface area contributed by atoms with Gasteiger partial charge in [-0.3, -0.25) is 9.69 Å². The van der Waals surface area contributed by atoms with Crippen molar-refractivity contribution in [2.45, 2.75) is 18.9 Å². The highest BCUT2D eigenvalue weighted by molar-refractivity contribution is 7.18. The van der Waals surface area contributed by atoms with Crippen LogP contribution in [0.25, 0.3) is 15.9 Å². The van der Waals surface area contributed by atoms with Gasteiger partial charge in [0.25, 0.3) is 0 Å². The molecule has 2 aromatic carbocycles. The Morgan fingerprint density at radius 2 is 2.00 bits per heavy atom. The zero-order chi connectivity index (χ0) is 21.2. The molecule has 2 aromatic heterocycles. The summed E-state index contributed by atoms with van der Waals surface area (Å²) in [6, 6.07) is 19.8. The Bertz CT molecular complexity index is 1240. The summed E-state index contributed by atoms with van der Waals surface area (Å²) in [5, 5.41) is 17.7. The Morgan fingerprint density at radius 3 is 2.81 bits per heavy atom. The van der Waals surface area contributed by atoms with E-state index >= 15 is 0 Å². The molecule has 154 valence electrons. The number of nitrogens with one attached hydrogen (secondary N) is 1. The molecule has 1 amide bonds. The summed E-state index contributed by atoms with van der Waals surface area (Å²) >= 11 is 1.69. The molecule has 31 heavy (non-hydrogen) atoms. The Kier molecular flexibility index (Phi) is 5.20. The van der Waals surface area contributed by atoms with Crippen LogP contribution in [-0.4, -0.2) is 38.7 Å². The number of hydrogen-bond donors (Lipinski definition) is 1. The van der Waals surface area contributed by atoms with E-state index in [0.717, 1.165) is 35.6 Å². The van der Waals surface area contributed by atoms with Gasteiger partial charge in [0.15, 0.2) is 5.82 Å². The van der Waals surface area contributed by atoms with Crippen molar-refractivity contribution < 1.29 is 4.79 Å². The average molecular weight is 429 g/mol. The molecule has 1 fully saturated rings. The first-order chi connectivity index (χ1) is 15.2.